The Morgan fingerprint density at radius 3 is 2.69 bits per heavy atom. The van der Waals surface area contributed by atoms with Crippen LogP contribution in [0.1, 0.15) is 11.1 Å². The number of benzene rings is 1. The molecule has 0 aromatic heterocycles. The van der Waals surface area contributed by atoms with Gasteiger partial charge in [-0.05, 0) is 24.6 Å². The molecule has 1 aromatic carbocycles. The topological polar surface area (TPSA) is 95.5 Å². The lowest BCUT2D eigenvalue weighted by Gasteiger charge is -2.05. The number of rotatable bonds is 3. The lowest BCUT2D eigenvalue weighted by molar-refractivity contribution is -0.384. The van der Waals surface area contributed by atoms with Crippen LogP contribution in [0, 0.1) is 17.0 Å². The summed E-state index contributed by atoms with van der Waals surface area (Å²) in [7, 11) is 1.23. The van der Waals surface area contributed by atoms with Gasteiger partial charge >= 0.3 is 5.97 Å². The zero-order chi connectivity index (χ0) is 12.3. The maximum Gasteiger partial charge on any atom is 0.310 e. The van der Waals surface area contributed by atoms with Crippen LogP contribution < -0.4 is 5.73 Å². The van der Waals surface area contributed by atoms with Crippen molar-refractivity contribution in [3.05, 3.63) is 33.4 Å². The minimum absolute atomic E-state index is 0.0592. The number of nitro groups is 1. The lowest BCUT2D eigenvalue weighted by atomic mass is 10.0. The van der Waals surface area contributed by atoms with E-state index in [0.29, 0.717) is 0 Å². The molecule has 0 atom stereocenters. The Kier molecular flexibility index (Phi) is 3.44. The summed E-state index contributed by atoms with van der Waals surface area (Å²) >= 11 is 0. The quantitative estimate of drug-likeness (QED) is 0.360. The molecule has 0 aliphatic carbocycles. The van der Waals surface area contributed by atoms with Gasteiger partial charge < -0.3 is 10.5 Å². The van der Waals surface area contributed by atoms with Gasteiger partial charge in [0.05, 0.1) is 18.5 Å². The molecule has 0 saturated heterocycles. The first-order valence-corrected chi connectivity index (χ1v) is 4.56. The average Bonchev–Trinajstić information content (AvgIpc) is 2.15. The molecule has 1 rings (SSSR count). The molecule has 0 spiro atoms. The fraction of sp³-hybridized carbons (Fsp3) is 0.300. The Balaban J connectivity index is 3.24. The largest absolute Gasteiger partial charge is 0.469 e. The van der Waals surface area contributed by atoms with E-state index in [-0.39, 0.29) is 23.4 Å². The van der Waals surface area contributed by atoms with Gasteiger partial charge in [0.2, 0.25) is 0 Å². The molecule has 6 nitrogen and oxygen atoms in total. The van der Waals surface area contributed by atoms with Crippen LogP contribution in [0.5, 0.6) is 0 Å². The normalized spacial score (nSPS) is 9.88. The van der Waals surface area contributed by atoms with Crippen molar-refractivity contribution >= 4 is 17.3 Å². The Morgan fingerprint density at radius 2 is 2.19 bits per heavy atom. The van der Waals surface area contributed by atoms with Crippen molar-refractivity contribution in [3.8, 4) is 0 Å². The summed E-state index contributed by atoms with van der Waals surface area (Å²) in [6, 6.07) is 3.06. The van der Waals surface area contributed by atoms with Crippen molar-refractivity contribution in [2.75, 3.05) is 12.8 Å². The Bertz CT molecular complexity index is 443. The highest BCUT2D eigenvalue weighted by Gasteiger charge is 2.20. The van der Waals surface area contributed by atoms with Gasteiger partial charge in [-0.2, -0.15) is 0 Å². The molecule has 0 saturated carbocycles. The highest BCUT2D eigenvalue weighted by atomic mass is 16.6. The minimum atomic E-state index is -0.590. The van der Waals surface area contributed by atoms with Crippen molar-refractivity contribution < 1.29 is 14.5 Å². The van der Waals surface area contributed by atoms with E-state index in [9.17, 15) is 14.9 Å². The van der Waals surface area contributed by atoms with Gasteiger partial charge in [0.1, 0.15) is 5.69 Å². The number of nitrogen functional groups attached to an aromatic ring is 1. The van der Waals surface area contributed by atoms with Gasteiger partial charge in [0.15, 0.2) is 0 Å². The second kappa shape index (κ2) is 4.61. The fourth-order valence-corrected chi connectivity index (χ4v) is 1.47. The molecular formula is C10H12N2O4. The van der Waals surface area contributed by atoms with Crippen LogP contribution in [0.3, 0.4) is 0 Å². The summed E-state index contributed by atoms with van der Waals surface area (Å²) in [6.45, 7) is 1.75. The second-order valence-electron chi connectivity index (χ2n) is 3.37. The molecule has 0 unspecified atom stereocenters. The predicted octanol–water partition coefficient (Wildman–Crippen LogP) is 1.20. The van der Waals surface area contributed by atoms with Gasteiger partial charge in [0.25, 0.3) is 5.69 Å². The third kappa shape index (κ3) is 2.47. The molecule has 0 heterocycles. The lowest BCUT2D eigenvalue weighted by Crippen LogP contribution is -2.08. The summed E-state index contributed by atoms with van der Waals surface area (Å²) in [6.07, 6.45) is -0.154. The van der Waals surface area contributed by atoms with E-state index in [2.05, 4.69) is 4.74 Å². The number of esters is 1. The molecule has 0 fully saturated rings. The van der Waals surface area contributed by atoms with E-state index in [1.54, 1.807) is 13.0 Å². The first-order chi connectivity index (χ1) is 7.45. The maximum atomic E-state index is 11.1. The maximum absolute atomic E-state index is 11.1. The number of carbonyl (C=O) groups is 1. The van der Waals surface area contributed by atoms with Crippen LogP contribution in [-0.4, -0.2) is 18.0 Å². The number of hydrogen-bond acceptors (Lipinski definition) is 5. The number of nitro benzene ring substituents is 1. The summed E-state index contributed by atoms with van der Waals surface area (Å²) < 4.78 is 4.47. The SMILES string of the molecule is COC(=O)Cc1cc(C)cc(N)c1[N+](=O)[O-]. The first-order valence-electron chi connectivity index (χ1n) is 4.56. The number of nitrogens with zero attached hydrogens (tertiary/aromatic N) is 1. The van der Waals surface area contributed by atoms with Crippen molar-refractivity contribution in [1.82, 2.24) is 0 Å². The number of methoxy groups -OCH3 is 1. The van der Waals surface area contributed by atoms with Gasteiger partial charge in [-0.3, -0.25) is 14.9 Å². The first kappa shape index (κ1) is 12.0. The van der Waals surface area contributed by atoms with E-state index >= 15 is 0 Å². The molecule has 1 aromatic rings. The van der Waals surface area contributed by atoms with Crippen molar-refractivity contribution in [2.45, 2.75) is 13.3 Å². The number of ether oxygens (including phenoxy) is 1. The Labute approximate surface area is 92.2 Å². The third-order valence-corrected chi connectivity index (χ3v) is 2.11. The van der Waals surface area contributed by atoms with Gasteiger partial charge in [-0.15, -0.1) is 0 Å². The van der Waals surface area contributed by atoms with Crippen LogP contribution >= 0.6 is 0 Å². The van der Waals surface area contributed by atoms with Gasteiger partial charge in [-0.1, -0.05) is 0 Å². The fourth-order valence-electron chi connectivity index (χ4n) is 1.47. The van der Waals surface area contributed by atoms with E-state index in [1.807, 2.05) is 0 Å². The molecule has 0 radical (unpaired) electrons. The summed E-state index contributed by atoms with van der Waals surface area (Å²) in [5.74, 6) is -0.534. The van der Waals surface area contributed by atoms with E-state index in [4.69, 9.17) is 5.73 Å². The predicted molar refractivity (Wildman–Crippen MR) is 58.0 cm³/mol. The number of carbonyl (C=O) groups excluding carboxylic acids is 1. The second-order valence-corrected chi connectivity index (χ2v) is 3.37. The van der Waals surface area contributed by atoms with Crippen LogP contribution in [0.25, 0.3) is 0 Å². The van der Waals surface area contributed by atoms with E-state index < -0.39 is 10.9 Å². The average molecular weight is 224 g/mol. The van der Waals surface area contributed by atoms with Crippen molar-refractivity contribution in [1.29, 1.82) is 0 Å². The van der Waals surface area contributed by atoms with Gasteiger partial charge in [-0.25, -0.2) is 0 Å². The molecule has 0 amide bonds. The molecule has 6 heteroatoms. The van der Waals surface area contributed by atoms with Gasteiger partial charge in [0, 0.05) is 5.56 Å². The summed E-state index contributed by atoms with van der Waals surface area (Å²) in [4.78, 5) is 21.3. The minimum Gasteiger partial charge on any atom is -0.469 e. The molecule has 86 valence electrons. The number of aryl methyl sites for hydroxylation is 1. The zero-order valence-electron chi connectivity index (χ0n) is 9.02. The number of anilines is 1. The van der Waals surface area contributed by atoms with Crippen molar-refractivity contribution in [2.24, 2.45) is 0 Å². The molecule has 0 bridgehead atoms. The smallest absolute Gasteiger partial charge is 0.310 e. The van der Waals surface area contributed by atoms with Crippen LogP contribution in [0.15, 0.2) is 12.1 Å². The molecule has 2 N–H and O–H groups in total. The van der Waals surface area contributed by atoms with Crippen LogP contribution in [0.2, 0.25) is 0 Å². The summed E-state index contributed by atoms with van der Waals surface area (Å²) in [5.41, 5.74) is 6.42. The standard InChI is InChI=1S/C10H12N2O4/c1-6-3-7(5-9(13)16-2)10(12(14)15)8(11)4-6/h3-4H,5,11H2,1-2H3. The van der Waals surface area contributed by atoms with E-state index in [1.165, 1.54) is 13.2 Å². The molecule has 16 heavy (non-hydrogen) atoms. The molecular weight excluding hydrogens is 212 g/mol. The van der Waals surface area contributed by atoms with Crippen molar-refractivity contribution in [3.63, 3.8) is 0 Å². The highest BCUT2D eigenvalue weighted by molar-refractivity contribution is 5.76. The monoisotopic (exact) mass is 224 g/mol. The molecule has 0 aliphatic heterocycles. The Morgan fingerprint density at radius 1 is 1.56 bits per heavy atom. The summed E-state index contributed by atoms with van der Waals surface area (Å²) in [5, 5.41) is 10.8. The number of nitrogens with two attached hydrogens (primary N) is 1. The Hall–Kier alpha value is -2.11. The third-order valence-electron chi connectivity index (χ3n) is 2.11. The highest BCUT2D eigenvalue weighted by Crippen LogP contribution is 2.28. The molecule has 0 aliphatic rings. The zero-order valence-corrected chi connectivity index (χ0v) is 9.02. The van der Waals surface area contributed by atoms with Crippen LogP contribution in [0.4, 0.5) is 11.4 Å². The number of hydrogen-bond donors (Lipinski definition) is 1. The van der Waals surface area contributed by atoms with Crippen LogP contribution in [-0.2, 0) is 16.0 Å². The van der Waals surface area contributed by atoms with E-state index in [0.717, 1.165) is 5.56 Å².